The smallest absolute Gasteiger partial charge is 0.386 e. The number of phosphoric ester groups is 3. The summed E-state index contributed by atoms with van der Waals surface area (Å²) < 4.78 is 83.8. The molecule has 5 rings (SSSR count). The number of aromatic nitrogens is 4. The number of hydrogen-bond donors (Lipinski definition) is 10. The Morgan fingerprint density at radius 3 is 2.33 bits per heavy atom. The zero-order chi connectivity index (χ0) is 46.3. The van der Waals surface area contributed by atoms with Crippen LogP contribution in [0, 0.1) is 0 Å². The van der Waals surface area contributed by atoms with Crippen LogP contribution in [0.3, 0.4) is 0 Å². The maximum Gasteiger partial charge on any atom is 0.472 e. The largest absolute Gasteiger partial charge is 0.472 e. The van der Waals surface area contributed by atoms with Crippen molar-refractivity contribution in [3.8, 4) is 0 Å². The van der Waals surface area contributed by atoms with Gasteiger partial charge in [0.25, 0.3) is 0 Å². The first-order valence-electron chi connectivity index (χ1n) is 20.0. The number of nitrogens with one attached hydrogen (secondary N) is 3. The third kappa shape index (κ3) is 17.3. The van der Waals surface area contributed by atoms with Crippen molar-refractivity contribution in [2.75, 3.05) is 84.1 Å². The lowest BCUT2D eigenvalue weighted by Crippen LogP contribution is -2.36. The normalized spacial score (nSPS) is 25.0. The highest BCUT2D eigenvalue weighted by atomic mass is 32.2. The lowest BCUT2D eigenvalue weighted by molar-refractivity contribution is -0.121. The maximum absolute atomic E-state index is 13.0. The number of hydrogen-bond acceptors (Lipinski definition) is 20. The molecule has 3 fully saturated rings. The number of carbonyl (C=O) groups excluding carboxylic acids is 2. The van der Waals surface area contributed by atoms with Gasteiger partial charge in [-0.05, 0) is 19.3 Å². The number of nitrogens with zero attached hydrogens (tertiary/aromatic N) is 4. The fourth-order valence-electron chi connectivity index (χ4n) is 6.74. The van der Waals surface area contributed by atoms with E-state index in [-0.39, 0.29) is 67.4 Å². The molecule has 3 aliphatic heterocycles. The summed E-state index contributed by atoms with van der Waals surface area (Å²) in [5, 5.41) is 20.3. The van der Waals surface area contributed by atoms with E-state index in [0.29, 0.717) is 44.5 Å². The van der Waals surface area contributed by atoms with E-state index in [9.17, 15) is 52.9 Å². The van der Waals surface area contributed by atoms with Gasteiger partial charge in [0, 0.05) is 30.6 Å². The molecule has 5 heterocycles. The van der Waals surface area contributed by atoms with E-state index < -0.39 is 73.9 Å². The van der Waals surface area contributed by atoms with E-state index in [2.05, 4.69) is 39.9 Å². The van der Waals surface area contributed by atoms with Crippen LogP contribution in [0.25, 0.3) is 11.2 Å². The number of thioether (sulfide) groups is 1. The van der Waals surface area contributed by atoms with Crippen LogP contribution in [0.15, 0.2) is 12.7 Å². The van der Waals surface area contributed by atoms with Crippen LogP contribution in [0.5, 0.6) is 0 Å². The second kappa shape index (κ2) is 25.1. The molecule has 11 N–H and O–H groups in total. The predicted molar refractivity (Wildman–Crippen MR) is 220 cm³/mol. The summed E-state index contributed by atoms with van der Waals surface area (Å²) in [4.78, 5) is 83.2. The highest BCUT2D eigenvalue weighted by Gasteiger charge is 2.50. The highest BCUT2D eigenvalue weighted by Crippen LogP contribution is 2.50. The van der Waals surface area contributed by atoms with Crippen molar-refractivity contribution in [2.24, 2.45) is 0 Å². The summed E-state index contributed by atoms with van der Waals surface area (Å²) in [5.41, 5.74) is 5.99. The van der Waals surface area contributed by atoms with E-state index in [1.54, 1.807) is 0 Å². The average molecular weight is 997 g/mol. The minimum absolute atomic E-state index is 0.00503. The lowest BCUT2D eigenvalue weighted by Gasteiger charge is -2.24. The molecule has 9 atom stereocenters. The number of phosphoric acid groups is 3. The molecule has 0 spiro atoms. The Labute approximate surface area is 370 Å². The fourth-order valence-corrected chi connectivity index (χ4v) is 10.1. The van der Waals surface area contributed by atoms with Crippen LogP contribution >= 0.6 is 35.2 Å². The van der Waals surface area contributed by atoms with Gasteiger partial charge in [-0.25, -0.2) is 33.4 Å². The number of aliphatic hydroxyl groups excluding tert-OH is 1. The molecule has 64 heavy (non-hydrogen) atoms. The molecule has 3 aliphatic rings. The minimum Gasteiger partial charge on any atom is -0.386 e. The molecular formula is C32H55N8O20P3S. The van der Waals surface area contributed by atoms with Gasteiger partial charge in [-0.15, -0.1) is 0 Å². The van der Waals surface area contributed by atoms with Crippen LogP contribution < -0.4 is 21.7 Å². The summed E-state index contributed by atoms with van der Waals surface area (Å²) in [6.45, 7) is -0.574. The van der Waals surface area contributed by atoms with Gasteiger partial charge in [0.2, 0.25) is 5.91 Å². The molecular weight excluding hydrogens is 941 g/mol. The summed E-state index contributed by atoms with van der Waals surface area (Å²) in [6.07, 6.45) is -2.39. The topological polar surface area (TPSA) is 396 Å². The fraction of sp³-hybridized carbons (Fsp3) is 0.781. The zero-order valence-corrected chi connectivity index (χ0v) is 37.8. The van der Waals surface area contributed by atoms with Crippen molar-refractivity contribution in [3.63, 3.8) is 0 Å². The van der Waals surface area contributed by atoms with Gasteiger partial charge < -0.3 is 74.9 Å². The Morgan fingerprint density at radius 1 is 0.922 bits per heavy atom. The van der Waals surface area contributed by atoms with Gasteiger partial charge in [0.05, 0.1) is 77.9 Å². The molecule has 5 unspecified atom stereocenters. The van der Waals surface area contributed by atoms with Crippen LogP contribution in [-0.4, -0.2) is 181 Å². The SMILES string of the molecule is Nc1ncnc2c1ncn2[C@@H]1O[C@H](COP(=O)(O)O)[C@@H](OP(=O)(O)OCC(COCCOCCOCCOCCCNC(=O)CCCCC2SCC3NC(=O)NC32)OP(=O)(O)O)[C@H]1O. The number of nitrogens with two attached hydrogens (primary N) is 1. The van der Waals surface area contributed by atoms with Crippen LogP contribution in [0.2, 0.25) is 0 Å². The monoisotopic (exact) mass is 996 g/mol. The first kappa shape index (κ1) is 52.5. The Kier molecular flexibility index (Phi) is 20.6. The lowest BCUT2D eigenvalue weighted by atomic mass is 10.0. The summed E-state index contributed by atoms with van der Waals surface area (Å²) in [7, 11) is -15.5. The van der Waals surface area contributed by atoms with E-state index in [0.717, 1.165) is 37.7 Å². The third-order valence-electron chi connectivity index (χ3n) is 9.63. The number of aliphatic hydroxyl groups is 1. The van der Waals surface area contributed by atoms with Gasteiger partial charge >= 0.3 is 29.5 Å². The standard InChI is InChI=1S/C32H55N8O20P3S/c33-29-26-30(36-18-35-29)40(19-37-26)31-27(42)28(22(58-31)16-56-61(44,45)46)60-63(50,51)57-15-20(59-62(47,48)49)14-55-13-12-54-11-10-53-9-8-52-7-3-6-34-24(41)5-2-1-4-23-25-21(17-64-23)38-32(43)39-25/h18-23,25,27-28,31,42H,1-17H2,(H,34,41)(H,50,51)(H2,33,35,36)(H2,38,39,43)(H2,44,45,46)(H2,47,48,49)/t20?,21?,22-,23?,25?,27-,28-,31-/m1/s1. The molecule has 0 aromatic carbocycles. The van der Waals surface area contributed by atoms with E-state index in [1.165, 1.54) is 4.57 Å². The summed E-state index contributed by atoms with van der Waals surface area (Å²) >= 11 is 1.86. The third-order valence-corrected chi connectivity index (χ3v) is 13.2. The van der Waals surface area contributed by atoms with Gasteiger partial charge in [0.15, 0.2) is 17.7 Å². The number of carbonyl (C=O) groups is 2. The maximum atomic E-state index is 13.0. The van der Waals surface area contributed by atoms with Crippen molar-refractivity contribution >= 4 is 64.2 Å². The Morgan fingerprint density at radius 2 is 1.62 bits per heavy atom. The molecule has 0 aliphatic carbocycles. The second-order valence-corrected chi connectivity index (χ2v) is 19.6. The molecule has 32 heteroatoms. The molecule has 0 saturated carbocycles. The number of rotatable bonds is 31. The Balaban J connectivity index is 0.908. The van der Waals surface area contributed by atoms with Gasteiger partial charge in [-0.1, -0.05) is 6.42 Å². The van der Waals surface area contributed by atoms with Crippen molar-refractivity contribution in [1.82, 2.24) is 35.5 Å². The quantitative estimate of drug-likeness (QED) is 0.0247. The molecule has 0 bridgehead atoms. The van der Waals surface area contributed by atoms with Crippen molar-refractivity contribution in [2.45, 2.75) is 80.1 Å². The van der Waals surface area contributed by atoms with Crippen molar-refractivity contribution in [1.29, 1.82) is 0 Å². The van der Waals surface area contributed by atoms with Crippen LogP contribution in [0.1, 0.15) is 38.3 Å². The minimum atomic E-state index is -5.27. The van der Waals surface area contributed by atoms with Crippen molar-refractivity contribution in [3.05, 3.63) is 12.7 Å². The Bertz CT molecular complexity index is 1950. The number of fused-ring (bicyclic) bond motifs is 2. The summed E-state index contributed by atoms with van der Waals surface area (Å²) in [6, 6.07) is 0.264. The van der Waals surface area contributed by atoms with Crippen molar-refractivity contribution < 1.29 is 94.6 Å². The first-order valence-corrected chi connectivity index (χ1v) is 25.6. The first-order chi connectivity index (χ1) is 30.4. The molecule has 2 aromatic heterocycles. The van der Waals surface area contributed by atoms with Gasteiger partial charge in [-0.3, -0.25) is 27.5 Å². The van der Waals surface area contributed by atoms with Crippen LogP contribution in [0.4, 0.5) is 10.6 Å². The van der Waals surface area contributed by atoms with Crippen LogP contribution in [-0.2, 0) is 60.3 Å². The molecule has 0 radical (unpaired) electrons. The average Bonchev–Trinajstić information content (AvgIpc) is 3.99. The predicted octanol–water partition coefficient (Wildman–Crippen LogP) is -0.945. The summed E-state index contributed by atoms with van der Waals surface area (Å²) in [5.74, 6) is 0.889. The zero-order valence-electron chi connectivity index (χ0n) is 34.3. The number of anilines is 1. The molecule has 2 aromatic rings. The number of nitrogen functional groups attached to an aromatic ring is 1. The molecule has 28 nitrogen and oxygen atoms in total. The second-order valence-electron chi connectivity index (χ2n) is 14.5. The van der Waals surface area contributed by atoms with E-state index in [1.807, 2.05) is 11.8 Å². The number of urea groups is 1. The molecule has 3 saturated heterocycles. The van der Waals surface area contributed by atoms with E-state index in [4.69, 9.17) is 38.5 Å². The Hall–Kier alpha value is -2.47. The number of unbranched alkanes of at least 4 members (excludes halogenated alkanes) is 1. The molecule has 364 valence electrons. The number of amides is 3. The highest BCUT2D eigenvalue weighted by molar-refractivity contribution is 8.00. The number of ether oxygens (including phenoxy) is 5. The van der Waals surface area contributed by atoms with Gasteiger partial charge in [0.1, 0.15) is 36.3 Å². The molecule has 3 amide bonds. The number of imidazole rings is 1. The van der Waals surface area contributed by atoms with E-state index >= 15 is 0 Å². The van der Waals surface area contributed by atoms with Gasteiger partial charge in [-0.2, -0.15) is 11.8 Å².